The molecule has 1 aliphatic heterocycles. The Bertz CT molecular complexity index is 1990. The topological polar surface area (TPSA) is 68.3 Å². The minimum absolute atomic E-state index is 0.0380. The molecule has 1 heterocycles. The zero-order valence-corrected chi connectivity index (χ0v) is 23.3. The lowest BCUT2D eigenvalue weighted by atomic mass is 9.65. The van der Waals surface area contributed by atoms with Gasteiger partial charge >= 0.3 is 0 Å². The first-order valence-corrected chi connectivity index (χ1v) is 14.4. The highest BCUT2D eigenvalue weighted by molar-refractivity contribution is 5.92. The molecule has 1 atom stereocenters. The van der Waals surface area contributed by atoms with Gasteiger partial charge in [-0.05, 0) is 52.1 Å². The molecule has 1 aliphatic carbocycles. The Hall–Kier alpha value is -5.45. The number of para-hydroxylation sites is 2. The lowest BCUT2D eigenvalue weighted by Gasteiger charge is -2.40. The van der Waals surface area contributed by atoms with E-state index in [-0.39, 0.29) is 5.90 Å². The number of nitrogens with one attached hydrogen (secondary N) is 1. The Balaban J connectivity index is 1.29. The molecule has 1 spiro atoms. The Kier molecular flexibility index (Phi) is 5.78. The summed E-state index contributed by atoms with van der Waals surface area (Å²) in [5.41, 5.74) is 16.6. The summed E-state index contributed by atoms with van der Waals surface area (Å²) >= 11 is 0. The Morgan fingerprint density at radius 1 is 0.605 bits per heavy atom. The summed E-state index contributed by atoms with van der Waals surface area (Å²) in [7, 11) is 0. The van der Waals surface area contributed by atoms with Gasteiger partial charge in [-0.1, -0.05) is 121 Å². The molecule has 0 amide bonds. The number of nitrogens with two attached hydrogens (primary N) is 1. The van der Waals surface area contributed by atoms with Gasteiger partial charge in [0.15, 0.2) is 6.23 Å². The molecule has 0 bridgehead atoms. The average Bonchev–Trinajstić information content (AvgIpc) is 3.36. The van der Waals surface area contributed by atoms with E-state index in [1.165, 1.54) is 22.3 Å². The number of ether oxygens (including phenoxy) is 2. The predicted octanol–water partition coefficient (Wildman–Crippen LogP) is 8.82. The maximum Gasteiger partial charge on any atom is 0.215 e. The highest BCUT2D eigenvalue weighted by Gasteiger charge is 2.51. The fourth-order valence-corrected chi connectivity index (χ4v) is 6.84. The van der Waals surface area contributed by atoms with E-state index in [1.54, 1.807) is 0 Å². The van der Waals surface area contributed by atoms with Gasteiger partial charge in [-0.3, -0.25) is 11.1 Å². The van der Waals surface area contributed by atoms with Gasteiger partial charge in [0.1, 0.15) is 11.5 Å². The first-order valence-electron chi connectivity index (χ1n) is 14.4. The molecule has 0 radical (unpaired) electrons. The lowest BCUT2D eigenvalue weighted by molar-refractivity contribution is 0.199. The summed E-state index contributed by atoms with van der Waals surface area (Å²) in [5, 5.41) is 8.41. The summed E-state index contributed by atoms with van der Waals surface area (Å²) in [5.74, 6) is 1.72. The number of fused-ring (bicyclic) bond motifs is 9. The Morgan fingerprint density at radius 3 is 1.93 bits per heavy atom. The monoisotopic (exact) mass is 556 g/mol. The summed E-state index contributed by atoms with van der Waals surface area (Å²) in [6, 6.07) is 49.6. The van der Waals surface area contributed by atoms with Gasteiger partial charge in [-0.15, -0.1) is 0 Å². The molecule has 6 aromatic carbocycles. The number of hydrogen-bond donors (Lipinski definition) is 2. The molecule has 4 nitrogen and oxygen atoms in total. The van der Waals surface area contributed by atoms with E-state index < -0.39 is 11.6 Å². The van der Waals surface area contributed by atoms with Crippen LogP contribution in [0.5, 0.6) is 11.5 Å². The van der Waals surface area contributed by atoms with Crippen LogP contribution in [0.25, 0.3) is 22.3 Å². The van der Waals surface area contributed by atoms with Gasteiger partial charge in [-0.2, -0.15) is 0 Å². The van der Waals surface area contributed by atoms with Gasteiger partial charge < -0.3 is 9.47 Å². The van der Waals surface area contributed by atoms with E-state index in [2.05, 4.69) is 91.0 Å². The smallest absolute Gasteiger partial charge is 0.215 e. The molecule has 0 fully saturated rings. The Labute approximate surface area is 250 Å². The molecule has 2 aliphatic rings. The molecule has 6 aromatic rings. The normalized spacial score (nSPS) is 14.1. The maximum absolute atomic E-state index is 8.41. The first kappa shape index (κ1) is 25.3. The molecule has 0 aromatic heterocycles. The fourth-order valence-electron chi connectivity index (χ4n) is 6.84. The minimum atomic E-state index is -0.797. The number of rotatable bonds is 4. The largest absolute Gasteiger partial charge is 0.456 e. The third kappa shape index (κ3) is 3.77. The molecule has 43 heavy (non-hydrogen) atoms. The molecular formula is C39H28N2O2. The van der Waals surface area contributed by atoms with Crippen molar-refractivity contribution in [2.75, 3.05) is 0 Å². The summed E-state index contributed by atoms with van der Waals surface area (Å²) in [4.78, 5) is 0. The van der Waals surface area contributed by atoms with E-state index in [0.29, 0.717) is 5.56 Å². The fraction of sp³-hybridized carbons (Fsp3) is 0.0513. The van der Waals surface area contributed by atoms with Crippen molar-refractivity contribution in [2.24, 2.45) is 5.73 Å². The summed E-state index contributed by atoms with van der Waals surface area (Å²) in [6.07, 6.45) is -0.797. The predicted molar refractivity (Wildman–Crippen MR) is 171 cm³/mol. The van der Waals surface area contributed by atoms with E-state index in [1.807, 2.05) is 54.6 Å². The molecular weight excluding hydrogens is 528 g/mol. The minimum Gasteiger partial charge on any atom is -0.456 e. The number of benzene rings is 6. The summed E-state index contributed by atoms with van der Waals surface area (Å²) in [6.45, 7) is 0. The highest BCUT2D eigenvalue weighted by atomic mass is 16.5. The molecule has 4 heteroatoms. The zero-order valence-electron chi connectivity index (χ0n) is 23.3. The second-order valence-corrected chi connectivity index (χ2v) is 11.0. The van der Waals surface area contributed by atoms with E-state index in [4.69, 9.17) is 20.6 Å². The van der Waals surface area contributed by atoms with Crippen LogP contribution in [0.2, 0.25) is 0 Å². The number of hydrogen-bond acceptors (Lipinski definition) is 4. The van der Waals surface area contributed by atoms with Crippen LogP contribution < -0.4 is 10.5 Å². The van der Waals surface area contributed by atoms with Crippen molar-refractivity contribution in [3.05, 3.63) is 179 Å². The van der Waals surface area contributed by atoms with Gasteiger partial charge in [0.2, 0.25) is 5.90 Å². The van der Waals surface area contributed by atoms with E-state index in [0.717, 1.165) is 39.3 Å². The highest BCUT2D eigenvalue weighted by Crippen LogP contribution is 2.63. The van der Waals surface area contributed by atoms with Crippen LogP contribution in [-0.4, -0.2) is 5.90 Å². The third-order valence-corrected chi connectivity index (χ3v) is 8.68. The van der Waals surface area contributed by atoms with Crippen LogP contribution in [0, 0.1) is 5.41 Å². The van der Waals surface area contributed by atoms with Crippen LogP contribution >= 0.6 is 0 Å². The van der Waals surface area contributed by atoms with Crippen molar-refractivity contribution >= 4 is 5.90 Å². The quantitative estimate of drug-likeness (QED) is 0.129. The van der Waals surface area contributed by atoms with Gasteiger partial charge in [0.25, 0.3) is 0 Å². The zero-order chi connectivity index (χ0) is 29.0. The third-order valence-electron chi connectivity index (χ3n) is 8.68. The molecule has 1 unspecified atom stereocenters. The molecule has 8 rings (SSSR count). The van der Waals surface area contributed by atoms with Crippen LogP contribution in [0.3, 0.4) is 0 Å². The van der Waals surface area contributed by atoms with Crippen molar-refractivity contribution in [3.63, 3.8) is 0 Å². The maximum atomic E-state index is 8.41. The van der Waals surface area contributed by atoms with Crippen LogP contribution in [0.1, 0.15) is 39.6 Å². The Morgan fingerprint density at radius 2 is 1.19 bits per heavy atom. The van der Waals surface area contributed by atoms with Crippen molar-refractivity contribution in [2.45, 2.75) is 11.6 Å². The van der Waals surface area contributed by atoms with Crippen LogP contribution in [0.15, 0.2) is 146 Å². The molecule has 0 saturated heterocycles. The van der Waals surface area contributed by atoms with Gasteiger partial charge in [0.05, 0.1) is 5.41 Å². The van der Waals surface area contributed by atoms with Gasteiger partial charge in [-0.25, -0.2) is 0 Å². The second kappa shape index (κ2) is 9.83. The SMILES string of the molecule is N=C(OC(N)c1cccc(-c2cccc3c2Oc2ccccc2C32c3ccccc3-c3ccccc32)c1)c1ccccc1. The van der Waals surface area contributed by atoms with Gasteiger partial charge in [0, 0.05) is 27.8 Å². The van der Waals surface area contributed by atoms with Crippen molar-refractivity contribution in [1.82, 2.24) is 0 Å². The second-order valence-electron chi connectivity index (χ2n) is 11.0. The van der Waals surface area contributed by atoms with E-state index >= 15 is 0 Å². The lowest BCUT2D eigenvalue weighted by Crippen LogP contribution is -2.32. The first-order chi connectivity index (χ1) is 21.2. The molecule has 3 N–H and O–H groups in total. The van der Waals surface area contributed by atoms with E-state index in [9.17, 15) is 0 Å². The van der Waals surface area contributed by atoms with Crippen molar-refractivity contribution in [1.29, 1.82) is 5.41 Å². The molecule has 0 saturated carbocycles. The van der Waals surface area contributed by atoms with Crippen LogP contribution in [-0.2, 0) is 10.2 Å². The van der Waals surface area contributed by atoms with Crippen LogP contribution in [0.4, 0.5) is 0 Å². The standard InChI is InChI=1S/C39H28N2O2/c40-37(25-12-2-1-3-13-25)43-38(41)27-15-10-14-26(24-27)28-18-11-22-34-36(28)42-35-23-9-8-21-33(35)39(34)31-19-6-4-16-29(31)30-17-5-7-20-32(30)39/h1-24,38,40H,41H2. The average molecular weight is 557 g/mol. The summed E-state index contributed by atoms with van der Waals surface area (Å²) < 4.78 is 12.7. The van der Waals surface area contributed by atoms with Crippen molar-refractivity contribution in [3.8, 4) is 33.8 Å². The van der Waals surface area contributed by atoms with Crippen molar-refractivity contribution < 1.29 is 9.47 Å². The molecule has 206 valence electrons.